The van der Waals surface area contributed by atoms with E-state index in [0.29, 0.717) is 12.6 Å². The van der Waals surface area contributed by atoms with Crippen molar-refractivity contribution in [2.45, 2.75) is 6.92 Å². The van der Waals surface area contributed by atoms with Gasteiger partial charge in [-0.2, -0.15) is 15.0 Å². The van der Waals surface area contributed by atoms with Crippen molar-refractivity contribution < 1.29 is 4.74 Å². The summed E-state index contributed by atoms with van der Waals surface area (Å²) in [6, 6.07) is 0.219. The van der Waals surface area contributed by atoms with Gasteiger partial charge in [0.05, 0.1) is 6.61 Å². The van der Waals surface area contributed by atoms with Gasteiger partial charge in [0.15, 0.2) is 0 Å². The van der Waals surface area contributed by atoms with Crippen LogP contribution in [0.2, 0.25) is 5.28 Å². The van der Waals surface area contributed by atoms with Crippen molar-refractivity contribution in [3.8, 4) is 6.01 Å². The van der Waals surface area contributed by atoms with Crippen LogP contribution in [0.3, 0.4) is 0 Å². The summed E-state index contributed by atoms with van der Waals surface area (Å²) in [5.41, 5.74) is 2.85. The van der Waals surface area contributed by atoms with Crippen LogP contribution in [0, 0.1) is 0 Å². The largest absolute Gasteiger partial charge is 0.464 e. The van der Waals surface area contributed by atoms with E-state index >= 15 is 0 Å². The topological polar surface area (TPSA) is 63.2 Å². The summed E-state index contributed by atoms with van der Waals surface area (Å²) in [6.07, 6.45) is 0. The van der Waals surface area contributed by atoms with Crippen molar-refractivity contribution in [1.82, 2.24) is 20.0 Å². The number of ether oxygens (including phenoxy) is 1. The maximum Gasteiger partial charge on any atom is 0.322 e. The van der Waals surface area contributed by atoms with Gasteiger partial charge in [0.2, 0.25) is 11.2 Å². The minimum absolute atomic E-state index is 0.104. The Morgan fingerprint density at radius 1 is 1.36 bits per heavy atom. The minimum atomic E-state index is 0.104. The smallest absolute Gasteiger partial charge is 0.322 e. The maximum atomic E-state index is 5.67. The lowest BCUT2D eigenvalue weighted by atomic mass is 10.8. The second kappa shape index (κ2) is 4.92. The van der Waals surface area contributed by atoms with Crippen molar-refractivity contribution in [3.63, 3.8) is 0 Å². The molecule has 0 amide bonds. The quantitative estimate of drug-likeness (QED) is 0.754. The van der Waals surface area contributed by atoms with Crippen LogP contribution in [0.15, 0.2) is 0 Å². The Balaban J connectivity index is 2.83. The molecule has 0 saturated carbocycles. The molecular weight excluding hydrogens is 206 g/mol. The van der Waals surface area contributed by atoms with Gasteiger partial charge >= 0.3 is 6.01 Å². The summed E-state index contributed by atoms with van der Waals surface area (Å²) >= 11 is 5.67. The fraction of sp³-hybridized carbons (Fsp3) is 0.571. The average Bonchev–Trinajstić information content (AvgIpc) is 2.01. The van der Waals surface area contributed by atoms with Crippen LogP contribution in [-0.4, -0.2) is 40.7 Å². The van der Waals surface area contributed by atoms with Gasteiger partial charge in [-0.1, -0.05) is 0 Å². The Hall–Kier alpha value is -1.14. The number of aromatic nitrogens is 3. The van der Waals surface area contributed by atoms with Crippen molar-refractivity contribution in [3.05, 3.63) is 5.28 Å². The average molecular weight is 218 g/mol. The summed E-state index contributed by atoms with van der Waals surface area (Å²) < 4.78 is 5.10. The first-order valence-corrected chi connectivity index (χ1v) is 4.48. The third-order valence-corrected chi connectivity index (χ3v) is 1.35. The molecule has 1 heterocycles. The van der Waals surface area contributed by atoms with Gasteiger partial charge in [0.25, 0.3) is 0 Å². The molecule has 1 N–H and O–H groups in total. The zero-order chi connectivity index (χ0) is 10.6. The Labute approximate surface area is 87.2 Å². The van der Waals surface area contributed by atoms with E-state index in [-0.39, 0.29) is 11.3 Å². The predicted octanol–water partition coefficient (Wildman–Crippen LogP) is 0.812. The van der Waals surface area contributed by atoms with Crippen molar-refractivity contribution >= 4 is 17.5 Å². The van der Waals surface area contributed by atoms with Gasteiger partial charge in [-0.05, 0) is 18.5 Å². The first-order chi connectivity index (χ1) is 6.61. The van der Waals surface area contributed by atoms with E-state index in [4.69, 9.17) is 16.3 Å². The highest BCUT2D eigenvalue weighted by atomic mass is 35.5. The first kappa shape index (κ1) is 10.9. The molecule has 0 bridgehead atoms. The van der Waals surface area contributed by atoms with E-state index in [1.807, 2.05) is 21.0 Å². The fourth-order valence-corrected chi connectivity index (χ4v) is 0.928. The van der Waals surface area contributed by atoms with Crippen LogP contribution in [0.5, 0.6) is 6.01 Å². The summed E-state index contributed by atoms with van der Waals surface area (Å²) in [6.45, 7) is 2.33. The molecule has 0 aromatic carbocycles. The molecule has 6 nitrogen and oxygen atoms in total. The zero-order valence-electron chi connectivity index (χ0n) is 8.28. The number of nitrogens with zero attached hydrogens (tertiary/aromatic N) is 4. The Bertz CT molecular complexity index is 306. The Morgan fingerprint density at radius 3 is 2.64 bits per heavy atom. The molecule has 0 aliphatic heterocycles. The van der Waals surface area contributed by atoms with E-state index < -0.39 is 0 Å². The Kier molecular flexibility index (Phi) is 3.84. The molecule has 14 heavy (non-hydrogen) atoms. The number of hydrogen-bond donors (Lipinski definition) is 1. The van der Waals surface area contributed by atoms with Crippen LogP contribution in [0.1, 0.15) is 6.92 Å². The Morgan fingerprint density at radius 2 is 2.07 bits per heavy atom. The van der Waals surface area contributed by atoms with Gasteiger partial charge in [-0.3, -0.25) is 5.43 Å². The highest BCUT2D eigenvalue weighted by Crippen LogP contribution is 2.10. The number of anilines is 1. The van der Waals surface area contributed by atoms with Crippen LogP contribution < -0.4 is 10.2 Å². The molecule has 0 saturated heterocycles. The van der Waals surface area contributed by atoms with Crippen LogP contribution in [-0.2, 0) is 0 Å². The third-order valence-electron chi connectivity index (χ3n) is 1.18. The van der Waals surface area contributed by atoms with Crippen LogP contribution >= 0.6 is 11.6 Å². The molecule has 1 aromatic rings. The highest BCUT2D eigenvalue weighted by Gasteiger charge is 2.05. The standard InChI is InChI=1S/C7H12ClN5O/c1-4-14-7-10-5(8)9-6(11-7)12-13(2)3/h4H2,1-3H3,(H,9,10,11,12). The van der Waals surface area contributed by atoms with Gasteiger partial charge in [-0.15, -0.1) is 0 Å². The highest BCUT2D eigenvalue weighted by molar-refractivity contribution is 6.28. The molecule has 0 aliphatic carbocycles. The van der Waals surface area contributed by atoms with E-state index in [9.17, 15) is 0 Å². The summed E-state index contributed by atoms with van der Waals surface area (Å²) in [7, 11) is 3.64. The van der Waals surface area contributed by atoms with Crippen molar-refractivity contribution in [2.75, 3.05) is 26.1 Å². The molecule has 1 aromatic heterocycles. The normalized spacial score (nSPS) is 10.4. The number of rotatable bonds is 4. The van der Waals surface area contributed by atoms with Crippen molar-refractivity contribution in [2.24, 2.45) is 0 Å². The number of hydrogen-bond acceptors (Lipinski definition) is 6. The zero-order valence-corrected chi connectivity index (χ0v) is 9.04. The van der Waals surface area contributed by atoms with E-state index in [1.165, 1.54) is 0 Å². The molecule has 0 fully saturated rings. The van der Waals surface area contributed by atoms with Crippen LogP contribution in [0.4, 0.5) is 5.95 Å². The first-order valence-electron chi connectivity index (χ1n) is 4.10. The van der Waals surface area contributed by atoms with Gasteiger partial charge in [0.1, 0.15) is 0 Å². The molecule has 7 heteroatoms. The monoisotopic (exact) mass is 217 g/mol. The van der Waals surface area contributed by atoms with Gasteiger partial charge in [-0.25, -0.2) is 5.01 Å². The summed E-state index contributed by atoms with van der Waals surface area (Å²) in [4.78, 5) is 11.6. The molecule has 0 spiro atoms. The molecule has 0 aliphatic rings. The molecular formula is C7H12ClN5O. The SMILES string of the molecule is CCOc1nc(Cl)nc(NN(C)C)n1. The fourth-order valence-electron chi connectivity index (χ4n) is 0.776. The molecule has 0 radical (unpaired) electrons. The van der Waals surface area contributed by atoms with Crippen LogP contribution in [0.25, 0.3) is 0 Å². The van der Waals surface area contributed by atoms with Gasteiger partial charge < -0.3 is 4.74 Å². The second-order valence-corrected chi connectivity index (χ2v) is 2.99. The van der Waals surface area contributed by atoms with Gasteiger partial charge in [0, 0.05) is 14.1 Å². The molecule has 0 atom stereocenters. The van der Waals surface area contributed by atoms with E-state index in [1.54, 1.807) is 5.01 Å². The minimum Gasteiger partial charge on any atom is -0.464 e. The summed E-state index contributed by atoms with van der Waals surface area (Å²) in [5.74, 6) is 0.360. The second-order valence-electron chi connectivity index (χ2n) is 2.65. The van der Waals surface area contributed by atoms with E-state index in [2.05, 4.69) is 20.4 Å². The lowest BCUT2D eigenvalue weighted by molar-refractivity contribution is 0.311. The molecule has 0 unspecified atom stereocenters. The maximum absolute atomic E-state index is 5.67. The molecule has 1 rings (SSSR count). The lowest BCUT2D eigenvalue weighted by Crippen LogP contribution is -2.21. The van der Waals surface area contributed by atoms with Crippen molar-refractivity contribution in [1.29, 1.82) is 0 Å². The van der Waals surface area contributed by atoms with E-state index in [0.717, 1.165) is 0 Å². The number of nitrogens with one attached hydrogen (secondary N) is 1. The molecule has 78 valence electrons. The summed E-state index contributed by atoms with van der Waals surface area (Å²) in [5, 5.41) is 1.80. The lowest BCUT2D eigenvalue weighted by Gasteiger charge is -2.11. The predicted molar refractivity (Wildman–Crippen MR) is 53.3 cm³/mol. The number of halogens is 1. The third kappa shape index (κ3) is 3.31. The number of hydrazine groups is 1.